The fourth-order valence-electron chi connectivity index (χ4n) is 1.94. The first-order valence-electron chi connectivity index (χ1n) is 5.52. The number of nitriles is 2. The molecule has 0 amide bonds. The third kappa shape index (κ3) is 1.93. The van der Waals surface area contributed by atoms with Gasteiger partial charge in [-0.05, 0) is 9.91 Å². The molecule has 0 aliphatic rings. The Balaban J connectivity index is 3.07. The average molecular weight is 289 g/mol. The standard InChI is InChI=1S/C10H7N7O4/c1-14-6-7(13-9(14)17(20)21)15(4-2-11)10(19)16(5-3-12)8(6)18/h4-5H2,1H3. The number of rotatable bonds is 3. The predicted octanol–water partition coefficient (Wildman–Crippen LogP) is -1.15. The lowest BCUT2D eigenvalue weighted by Gasteiger charge is -2.03. The maximum Gasteiger partial charge on any atom is 0.437 e. The average Bonchev–Trinajstić information content (AvgIpc) is 2.77. The van der Waals surface area contributed by atoms with E-state index in [-0.39, 0.29) is 11.2 Å². The molecule has 2 aromatic rings. The van der Waals surface area contributed by atoms with Crippen molar-refractivity contribution >= 4 is 17.1 Å². The molecule has 0 radical (unpaired) electrons. The Morgan fingerprint density at radius 1 is 1.24 bits per heavy atom. The van der Waals surface area contributed by atoms with Crippen molar-refractivity contribution < 1.29 is 4.92 Å². The van der Waals surface area contributed by atoms with Gasteiger partial charge in [0.25, 0.3) is 11.2 Å². The highest BCUT2D eigenvalue weighted by atomic mass is 16.6. The molecule has 0 saturated heterocycles. The van der Waals surface area contributed by atoms with Gasteiger partial charge < -0.3 is 10.1 Å². The summed E-state index contributed by atoms with van der Waals surface area (Å²) >= 11 is 0. The summed E-state index contributed by atoms with van der Waals surface area (Å²) < 4.78 is 2.34. The van der Waals surface area contributed by atoms with Crippen LogP contribution in [0.2, 0.25) is 0 Å². The van der Waals surface area contributed by atoms with Crippen molar-refractivity contribution in [2.75, 3.05) is 0 Å². The van der Waals surface area contributed by atoms with Crippen molar-refractivity contribution in [2.45, 2.75) is 13.1 Å². The molecule has 11 heteroatoms. The number of imidazole rings is 1. The molecule has 0 aliphatic carbocycles. The van der Waals surface area contributed by atoms with Gasteiger partial charge in [0.1, 0.15) is 13.1 Å². The molecule has 0 aromatic carbocycles. The first-order valence-corrected chi connectivity index (χ1v) is 5.52. The van der Waals surface area contributed by atoms with Crippen LogP contribution in [0.15, 0.2) is 9.59 Å². The van der Waals surface area contributed by atoms with E-state index < -0.39 is 35.2 Å². The fraction of sp³-hybridized carbons (Fsp3) is 0.300. The lowest BCUT2D eigenvalue weighted by Crippen LogP contribution is -2.40. The molecule has 11 nitrogen and oxygen atoms in total. The summed E-state index contributed by atoms with van der Waals surface area (Å²) in [5.41, 5.74) is -2.25. The number of nitro groups is 1. The molecule has 0 unspecified atom stereocenters. The van der Waals surface area contributed by atoms with E-state index in [0.29, 0.717) is 4.57 Å². The molecule has 0 N–H and O–H groups in total. The smallest absolute Gasteiger partial charge is 0.390 e. The van der Waals surface area contributed by atoms with E-state index >= 15 is 0 Å². The summed E-state index contributed by atoms with van der Waals surface area (Å²) in [6, 6.07) is 3.36. The Labute approximate surface area is 115 Å². The van der Waals surface area contributed by atoms with Crippen LogP contribution < -0.4 is 11.2 Å². The zero-order valence-electron chi connectivity index (χ0n) is 10.7. The van der Waals surface area contributed by atoms with Gasteiger partial charge in [-0.1, -0.05) is 0 Å². The van der Waals surface area contributed by atoms with E-state index in [4.69, 9.17) is 10.5 Å². The summed E-state index contributed by atoms with van der Waals surface area (Å²) in [6.45, 7) is -0.979. The van der Waals surface area contributed by atoms with Crippen molar-refractivity contribution in [1.29, 1.82) is 10.5 Å². The zero-order valence-corrected chi connectivity index (χ0v) is 10.7. The van der Waals surface area contributed by atoms with E-state index in [1.807, 2.05) is 0 Å². The van der Waals surface area contributed by atoms with Crippen LogP contribution in [0, 0.1) is 32.8 Å². The first kappa shape index (κ1) is 14.0. The largest absolute Gasteiger partial charge is 0.437 e. The molecule has 0 fully saturated rings. The second-order valence-electron chi connectivity index (χ2n) is 3.98. The van der Waals surface area contributed by atoms with Crippen molar-refractivity contribution in [1.82, 2.24) is 18.7 Å². The first-order chi connectivity index (χ1) is 9.93. The number of aromatic nitrogens is 4. The Hall–Kier alpha value is -3.47. The van der Waals surface area contributed by atoms with Crippen molar-refractivity contribution in [2.24, 2.45) is 7.05 Å². The third-order valence-electron chi connectivity index (χ3n) is 2.84. The van der Waals surface area contributed by atoms with Gasteiger partial charge in [-0.15, -0.1) is 0 Å². The topological polar surface area (TPSA) is 153 Å². The number of hydrogen-bond donors (Lipinski definition) is 0. The quantitative estimate of drug-likeness (QED) is 0.510. The lowest BCUT2D eigenvalue weighted by atomic mass is 10.4. The van der Waals surface area contributed by atoms with Gasteiger partial charge in [-0.2, -0.15) is 10.5 Å². The molecule has 0 spiro atoms. The maximum atomic E-state index is 12.2. The van der Waals surface area contributed by atoms with Crippen LogP contribution in [0.25, 0.3) is 11.2 Å². The minimum atomic E-state index is -0.913. The molecule has 2 rings (SSSR count). The highest BCUT2D eigenvalue weighted by molar-refractivity contribution is 5.72. The van der Waals surface area contributed by atoms with Crippen LogP contribution in [-0.2, 0) is 20.1 Å². The minimum Gasteiger partial charge on any atom is -0.390 e. The van der Waals surface area contributed by atoms with Gasteiger partial charge in [0, 0.05) is 0 Å². The highest BCUT2D eigenvalue weighted by Crippen LogP contribution is 2.15. The molecule has 0 bridgehead atoms. The molecule has 21 heavy (non-hydrogen) atoms. The summed E-state index contributed by atoms with van der Waals surface area (Å²) in [5, 5.41) is 28.3. The molecular weight excluding hydrogens is 282 g/mol. The van der Waals surface area contributed by atoms with E-state index in [1.165, 1.54) is 7.05 Å². The Morgan fingerprint density at radius 3 is 2.33 bits per heavy atom. The van der Waals surface area contributed by atoms with Crippen LogP contribution in [0.1, 0.15) is 0 Å². The fourth-order valence-corrected chi connectivity index (χ4v) is 1.94. The predicted molar refractivity (Wildman–Crippen MR) is 67.1 cm³/mol. The molecule has 0 aliphatic heterocycles. The summed E-state index contributed by atoms with van der Waals surface area (Å²) in [7, 11) is 1.24. The maximum absolute atomic E-state index is 12.2. The van der Waals surface area contributed by atoms with E-state index in [0.717, 1.165) is 9.13 Å². The van der Waals surface area contributed by atoms with Gasteiger partial charge in [0.2, 0.25) is 5.52 Å². The van der Waals surface area contributed by atoms with E-state index in [9.17, 15) is 19.7 Å². The molecule has 0 saturated carbocycles. The minimum absolute atomic E-state index is 0.216. The Kier molecular flexibility index (Phi) is 3.25. The van der Waals surface area contributed by atoms with Crippen LogP contribution in [-0.4, -0.2) is 23.6 Å². The summed E-state index contributed by atoms with van der Waals surface area (Å²) in [4.78, 5) is 38.0. The lowest BCUT2D eigenvalue weighted by molar-refractivity contribution is -0.396. The van der Waals surface area contributed by atoms with Gasteiger partial charge in [-0.3, -0.25) is 4.79 Å². The van der Waals surface area contributed by atoms with Gasteiger partial charge >= 0.3 is 11.6 Å². The molecule has 0 atom stereocenters. The van der Waals surface area contributed by atoms with E-state index in [1.54, 1.807) is 12.1 Å². The normalized spacial score (nSPS) is 10.2. The third-order valence-corrected chi connectivity index (χ3v) is 2.84. The monoisotopic (exact) mass is 289 g/mol. The number of aryl methyl sites for hydroxylation is 1. The summed E-state index contributed by atoms with van der Waals surface area (Å²) in [5.74, 6) is -0.636. The second-order valence-corrected chi connectivity index (χ2v) is 3.98. The number of nitrogens with zero attached hydrogens (tertiary/aromatic N) is 7. The Morgan fingerprint density at radius 2 is 1.81 bits per heavy atom. The molecular formula is C10H7N7O4. The molecule has 106 valence electrons. The molecule has 2 aromatic heterocycles. The zero-order chi connectivity index (χ0) is 15.7. The highest BCUT2D eigenvalue weighted by Gasteiger charge is 2.27. The van der Waals surface area contributed by atoms with E-state index in [2.05, 4.69) is 4.98 Å². The SMILES string of the molecule is Cn1c([N+](=O)[O-])nc2c1c(=O)n(CC#N)c(=O)n2CC#N. The van der Waals surface area contributed by atoms with Gasteiger partial charge in [0.15, 0.2) is 0 Å². The summed E-state index contributed by atoms with van der Waals surface area (Å²) in [6.07, 6.45) is 0. The number of fused-ring (bicyclic) bond motifs is 1. The number of hydrogen-bond acceptors (Lipinski definition) is 7. The van der Waals surface area contributed by atoms with Crippen LogP contribution >= 0.6 is 0 Å². The van der Waals surface area contributed by atoms with Crippen LogP contribution in [0.5, 0.6) is 0 Å². The van der Waals surface area contributed by atoms with Crippen molar-refractivity contribution in [3.63, 3.8) is 0 Å². The van der Waals surface area contributed by atoms with Gasteiger partial charge in [-0.25, -0.2) is 18.5 Å². The second kappa shape index (κ2) is 4.90. The molecule has 2 heterocycles. The Bertz CT molecular complexity index is 949. The van der Waals surface area contributed by atoms with Crippen molar-refractivity contribution in [3.05, 3.63) is 31.0 Å². The van der Waals surface area contributed by atoms with Gasteiger partial charge in [0.05, 0.1) is 19.2 Å². The van der Waals surface area contributed by atoms with Crippen LogP contribution in [0.4, 0.5) is 5.95 Å². The van der Waals surface area contributed by atoms with Crippen molar-refractivity contribution in [3.8, 4) is 12.1 Å². The van der Waals surface area contributed by atoms with Crippen LogP contribution in [0.3, 0.4) is 0 Å².